The average molecular weight is 198 g/mol. The third-order valence-electron chi connectivity index (χ3n) is 3.09. The van der Waals surface area contributed by atoms with Crippen LogP contribution in [-0.2, 0) is 0 Å². The number of hydrogen-bond acceptors (Lipinski definition) is 1. The zero-order chi connectivity index (χ0) is 10.6. The van der Waals surface area contributed by atoms with E-state index in [1.54, 1.807) is 0 Å². The van der Waals surface area contributed by atoms with Crippen LogP contribution in [0.15, 0.2) is 0 Å². The Morgan fingerprint density at radius 2 is 2.07 bits per heavy atom. The van der Waals surface area contributed by atoms with Gasteiger partial charge < -0.3 is 10.6 Å². The molecule has 3 nitrogen and oxygen atoms in total. The van der Waals surface area contributed by atoms with Crippen molar-refractivity contribution in [2.24, 2.45) is 11.8 Å². The minimum atomic E-state index is -0.0149. The zero-order valence-electron chi connectivity index (χ0n) is 9.47. The number of rotatable bonds is 2. The fourth-order valence-electron chi connectivity index (χ4n) is 2.26. The molecule has 1 aliphatic carbocycles. The van der Waals surface area contributed by atoms with Crippen LogP contribution in [-0.4, -0.2) is 18.6 Å². The van der Waals surface area contributed by atoms with E-state index in [-0.39, 0.29) is 6.03 Å². The highest BCUT2D eigenvalue weighted by atomic mass is 16.2. The summed E-state index contributed by atoms with van der Waals surface area (Å²) in [6.07, 6.45) is 3.60. The summed E-state index contributed by atoms with van der Waals surface area (Å²) in [5.74, 6) is 1.43. The van der Waals surface area contributed by atoms with Gasteiger partial charge in [0.25, 0.3) is 0 Å². The van der Waals surface area contributed by atoms with Gasteiger partial charge in [-0.15, -0.1) is 0 Å². The van der Waals surface area contributed by atoms with E-state index in [1.807, 2.05) is 6.92 Å². The normalized spacial score (nSPS) is 32.4. The molecular weight excluding hydrogens is 176 g/mol. The first-order valence-corrected chi connectivity index (χ1v) is 5.67. The number of carbonyl (C=O) groups is 1. The minimum Gasteiger partial charge on any atom is -0.338 e. The third-order valence-corrected chi connectivity index (χ3v) is 3.09. The Balaban J connectivity index is 2.33. The van der Waals surface area contributed by atoms with E-state index in [0.29, 0.717) is 18.5 Å². The van der Waals surface area contributed by atoms with E-state index in [4.69, 9.17) is 0 Å². The van der Waals surface area contributed by atoms with Crippen LogP contribution < -0.4 is 10.6 Å². The predicted octanol–water partition coefficient (Wildman–Crippen LogP) is 2.13. The monoisotopic (exact) mass is 198 g/mol. The number of urea groups is 1. The maximum Gasteiger partial charge on any atom is 0.315 e. The number of carbonyl (C=O) groups excluding carboxylic acids is 1. The molecule has 2 amide bonds. The van der Waals surface area contributed by atoms with E-state index in [2.05, 4.69) is 24.5 Å². The quantitative estimate of drug-likeness (QED) is 0.701. The summed E-state index contributed by atoms with van der Waals surface area (Å²) >= 11 is 0. The molecule has 0 aliphatic heterocycles. The molecule has 14 heavy (non-hydrogen) atoms. The van der Waals surface area contributed by atoms with Crippen molar-refractivity contribution in [3.8, 4) is 0 Å². The van der Waals surface area contributed by atoms with Crippen molar-refractivity contribution in [2.75, 3.05) is 6.54 Å². The molecule has 3 atom stereocenters. The van der Waals surface area contributed by atoms with Crippen LogP contribution in [0.2, 0.25) is 0 Å². The molecule has 0 spiro atoms. The first kappa shape index (κ1) is 11.3. The summed E-state index contributed by atoms with van der Waals surface area (Å²) in [5.41, 5.74) is 0. The second-order valence-corrected chi connectivity index (χ2v) is 4.51. The zero-order valence-corrected chi connectivity index (χ0v) is 9.47. The van der Waals surface area contributed by atoms with Crippen LogP contribution in [0.25, 0.3) is 0 Å². The van der Waals surface area contributed by atoms with E-state index in [0.717, 1.165) is 12.3 Å². The number of nitrogens with one attached hydrogen (secondary N) is 2. The topological polar surface area (TPSA) is 41.1 Å². The SMILES string of the molecule is CCNC(=O)NC1CCC(C)CC1C. The molecule has 0 aromatic heterocycles. The fraction of sp³-hybridized carbons (Fsp3) is 0.909. The van der Waals surface area contributed by atoms with Crippen molar-refractivity contribution in [3.05, 3.63) is 0 Å². The molecule has 3 heteroatoms. The highest BCUT2D eigenvalue weighted by Gasteiger charge is 2.26. The maximum absolute atomic E-state index is 11.3. The molecule has 1 fully saturated rings. The molecule has 0 aromatic carbocycles. The second kappa shape index (κ2) is 5.23. The molecule has 0 radical (unpaired) electrons. The van der Waals surface area contributed by atoms with Gasteiger partial charge in [0.1, 0.15) is 0 Å². The summed E-state index contributed by atoms with van der Waals surface area (Å²) in [6, 6.07) is 0.358. The summed E-state index contributed by atoms with van der Waals surface area (Å²) in [6.45, 7) is 7.15. The Labute approximate surface area is 86.6 Å². The molecular formula is C11H22N2O. The molecule has 0 heterocycles. The molecule has 82 valence electrons. The Kier molecular flexibility index (Phi) is 4.23. The highest BCUT2D eigenvalue weighted by molar-refractivity contribution is 5.74. The Morgan fingerprint density at radius 1 is 1.36 bits per heavy atom. The Hall–Kier alpha value is -0.730. The molecule has 0 saturated heterocycles. The van der Waals surface area contributed by atoms with E-state index in [9.17, 15) is 4.79 Å². The lowest BCUT2D eigenvalue weighted by atomic mass is 9.80. The summed E-state index contributed by atoms with van der Waals surface area (Å²) in [7, 11) is 0. The van der Waals surface area contributed by atoms with Crippen LogP contribution in [0, 0.1) is 11.8 Å². The molecule has 0 bridgehead atoms. The van der Waals surface area contributed by atoms with Gasteiger partial charge in [-0.1, -0.05) is 13.8 Å². The Bertz CT molecular complexity index is 194. The van der Waals surface area contributed by atoms with Crippen molar-refractivity contribution in [1.82, 2.24) is 10.6 Å². The number of amides is 2. The summed E-state index contributed by atoms with van der Waals surface area (Å²) < 4.78 is 0. The summed E-state index contributed by atoms with van der Waals surface area (Å²) in [4.78, 5) is 11.3. The molecule has 0 aromatic rings. The molecule has 1 saturated carbocycles. The first-order valence-electron chi connectivity index (χ1n) is 5.67. The van der Waals surface area contributed by atoms with Crippen molar-refractivity contribution >= 4 is 6.03 Å². The lowest BCUT2D eigenvalue weighted by Crippen LogP contribution is -2.46. The largest absolute Gasteiger partial charge is 0.338 e. The van der Waals surface area contributed by atoms with Gasteiger partial charge in [0.05, 0.1) is 0 Å². The maximum atomic E-state index is 11.3. The van der Waals surface area contributed by atoms with Gasteiger partial charge in [-0.25, -0.2) is 4.79 Å². The molecule has 3 unspecified atom stereocenters. The van der Waals surface area contributed by atoms with E-state index >= 15 is 0 Å². The van der Waals surface area contributed by atoms with Crippen molar-refractivity contribution in [3.63, 3.8) is 0 Å². The lowest BCUT2D eigenvalue weighted by Gasteiger charge is -2.33. The van der Waals surface area contributed by atoms with Gasteiger partial charge in [0, 0.05) is 12.6 Å². The van der Waals surface area contributed by atoms with Crippen LogP contribution in [0.5, 0.6) is 0 Å². The average Bonchev–Trinajstić information content (AvgIpc) is 2.10. The molecule has 2 N–H and O–H groups in total. The van der Waals surface area contributed by atoms with E-state index < -0.39 is 0 Å². The van der Waals surface area contributed by atoms with Crippen molar-refractivity contribution < 1.29 is 4.79 Å². The second-order valence-electron chi connectivity index (χ2n) is 4.51. The molecule has 1 aliphatic rings. The van der Waals surface area contributed by atoms with Gasteiger partial charge in [-0.3, -0.25) is 0 Å². The van der Waals surface area contributed by atoms with Gasteiger partial charge in [-0.2, -0.15) is 0 Å². The van der Waals surface area contributed by atoms with Crippen LogP contribution in [0.3, 0.4) is 0 Å². The van der Waals surface area contributed by atoms with Gasteiger partial charge in [-0.05, 0) is 38.0 Å². The number of hydrogen-bond donors (Lipinski definition) is 2. The van der Waals surface area contributed by atoms with Crippen molar-refractivity contribution in [1.29, 1.82) is 0 Å². The smallest absolute Gasteiger partial charge is 0.315 e. The Morgan fingerprint density at radius 3 is 2.64 bits per heavy atom. The lowest BCUT2D eigenvalue weighted by molar-refractivity contribution is 0.207. The summed E-state index contributed by atoms with van der Waals surface area (Å²) in [5, 5.41) is 5.81. The van der Waals surface area contributed by atoms with Gasteiger partial charge >= 0.3 is 6.03 Å². The van der Waals surface area contributed by atoms with Crippen LogP contribution in [0.4, 0.5) is 4.79 Å². The fourth-order valence-corrected chi connectivity index (χ4v) is 2.26. The van der Waals surface area contributed by atoms with Crippen LogP contribution in [0.1, 0.15) is 40.0 Å². The molecule has 1 rings (SSSR count). The highest BCUT2D eigenvalue weighted by Crippen LogP contribution is 2.28. The predicted molar refractivity (Wildman–Crippen MR) is 58.2 cm³/mol. The van der Waals surface area contributed by atoms with Crippen molar-refractivity contribution in [2.45, 2.75) is 46.1 Å². The standard InChI is InChI=1S/C11H22N2O/c1-4-12-11(14)13-10-6-5-8(2)7-9(10)3/h8-10H,4-7H2,1-3H3,(H2,12,13,14). The van der Waals surface area contributed by atoms with Gasteiger partial charge in [0.2, 0.25) is 0 Å². The third kappa shape index (κ3) is 3.20. The minimum absolute atomic E-state index is 0.0149. The van der Waals surface area contributed by atoms with Gasteiger partial charge in [0.15, 0.2) is 0 Å². The van der Waals surface area contributed by atoms with Crippen LogP contribution >= 0.6 is 0 Å². The first-order chi connectivity index (χ1) is 6.63. The van der Waals surface area contributed by atoms with E-state index in [1.165, 1.54) is 12.8 Å².